The zero-order valence-corrected chi connectivity index (χ0v) is 16.1. The molecule has 5 nitrogen and oxygen atoms in total. The van der Waals surface area contributed by atoms with Crippen LogP contribution in [0.2, 0.25) is 5.02 Å². The molecule has 138 valence electrons. The van der Waals surface area contributed by atoms with Crippen molar-refractivity contribution < 1.29 is 13.2 Å². The molecule has 0 aromatic heterocycles. The van der Waals surface area contributed by atoms with E-state index >= 15 is 0 Å². The first-order valence-electron chi connectivity index (χ1n) is 8.92. The van der Waals surface area contributed by atoms with Crippen LogP contribution in [0.3, 0.4) is 0 Å². The Bertz CT molecular complexity index is 722. The predicted octanol–water partition coefficient (Wildman–Crippen LogP) is 3.00. The number of carbonyl (C=O) groups excluding carboxylic acids is 1. The summed E-state index contributed by atoms with van der Waals surface area (Å²) in [5, 5.41) is 0.408. The number of hydrogen-bond acceptors (Lipinski definition) is 3. The van der Waals surface area contributed by atoms with Crippen LogP contribution in [-0.2, 0) is 14.8 Å². The van der Waals surface area contributed by atoms with Crippen LogP contribution in [-0.4, -0.2) is 49.7 Å². The molecule has 25 heavy (non-hydrogen) atoms. The van der Waals surface area contributed by atoms with E-state index in [1.807, 2.05) is 4.90 Å². The molecule has 0 saturated carbocycles. The van der Waals surface area contributed by atoms with Gasteiger partial charge in [-0.15, -0.1) is 0 Å². The second-order valence-electron chi connectivity index (χ2n) is 7.14. The second kappa shape index (κ2) is 7.64. The van der Waals surface area contributed by atoms with Crippen LogP contribution < -0.4 is 0 Å². The van der Waals surface area contributed by atoms with Crippen molar-refractivity contribution in [2.45, 2.75) is 37.5 Å². The molecule has 0 aliphatic carbocycles. The summed E-state index contributed by atoms with van der Waals surface area (Å²) in [6.07, 6.45) is 3.30. The number of nitrogens with zero attached hydrogens (tertiary/aromatic N) is 2. The lowest BCUT2D eigenvalue weighted by Crippen LogP contribution is -2.46. The van der Waals surface area contributed by atoms with Gasteiger partial charge in [0.05, 0.1) is 4.90 Å². The summed E-state index contributed by atoms with van der Waals surface area (Å²) >= 11 is 5.92. The fourth-order valence-electron chi connectivity index (χ4n) is 3.61. The van der Waals surface area contributed by atoms with E-state index in [0.29, 0.717) is 36.9 Å². The number of amides is 1. The normalized spacial score (nSPS) is 21.4. The van der Waals surface area contributed by atoms with Gasteiger partial charge in [-0.2, -0.15) is 4.31 Å². The Morgan fingerprint density at radius 2 is 1.72 bits per heavy atom. The van der Waals surface area contributed by atoms with Crippen molar-refractivity contribution in [3.63, 3.8) is 0 Å². The minimum absolute atomic E-state index is 0.0563. The summed E-state index contributed by atoms with van der Waals surface area (Å²) in [6, 6.07) is 6.34. The highest BCUT2D eigenvalue weighted by Gasteiger charge is 2.34. The smallest absolute Gasteiger partial charge is 0.243 e. The fraction of sp³-hybridized carbons (Fsp3) is 0.611. The first-order valence-corrected chi connectivity index (χ1v) is 10.7. The van der Waals surface area contributed by atoms with Crippen molar-refractivity contribution in [2.75, 3.05) is 26.2 Å². The minimum atomic E-state index is -3.54. The van der Waals surface area contributed by atoms with E-state index in [-0.39, 0.29) is 16.7 Å². The number of benzene rings is 1. The van der Waals surface area contributed by atoms with Crippen LogP contribution in [0.15, 0.2) is 29.2 Å². The third-order valence-electron chi connectivity index (χ3n) is 5.33. The van der Waals surface area contributed by atoms with Gasteiger partial charge in [0.1, 0.15) is 0 Å². The van der Waals surface area contributed by atoms with Gasteiger partial charge in [-0.1, -0.05) is 24.6 Å². The largest absolute Gasteiger partial charge is 0.342 e. The Morgan fingerprint density at radius 3 is 2.32 bits per heavy atom. The van der Waals surface area contributed by atoms with Gasteiger partial charge in [0.15, 0.2) is 0 Å². The van der Waals surface area contributed by atoms with Gasteiger partial charge in [-0.3, -0.25) is 4.79 Å². The van der Waals surface area contributed by atoms with E-state index in [1.54, 1.807) is 18.2 Å². The summed E-state index contributed by atoms with van der Waals surface area (Å²) in [5.41, 5.74) is 0. The highest BCUT2D eigenvalue weighted by atomic mass is 35.5. The summed E-state index contributed by atoms with van der Waals surface area (Å²) in [5.74, 6) is 0.833. The van der Waals surface area contributed by atoms with Gasteiger partial charge in [0, 0.05) is 37.1 Å². The van der Waals surface area contributed by atoms with E-state index in [0.717, 1.165) is 25.9 Å². The first kappa shape index (κ1) is 18.7. The first-order chi connectivity index (χ1) is 11.9. The average Bonchev–Trinajstić information content (AvgIpc) is 2.62. The Balaban J connectivity index is 1.61. The van der Waals surface area contributed by atoms with Crippen LogP contribution >= 0.6 is 11.6 Å². The van der Waals surface area contributed by atoms with E-state index in [4.69, 9.17) is 11.6 Å². The second-order valence-corrected chi connectivity index (χ2v) is 9.52. The van der Waals surface area contributed by atoms with Crippen LogP contribution in [0.5, 0.6) is 0 Å². The lowest BCUT2D eigenvalue weighted by Gasteiger charge is -2.36. The van der Waals surface area contributed by atoms with Crippen molar-refractivity contribution in [1.82, 2.24) is 9.21 Å². The molecule has 2 aliphatic heterocycles. The molecule has 2 aliphatic rings. The van der Waals surface area contributed by atoms with Crippen molar-refractivity contribution in [3.05, 3.63) is 29.3 Å². The molecule has 1 aromatic rings. The van der Waals surface area contributed by atoms with Crippen molar-refractivity contribution >= 4 is 27.5 Å². The van der Waals surface area contributed by atoms with Gasteiger partial charge in [0.25, 0.3) is 0 Å². The molecular formula is C18H25ClN2O3S. The SMILES string of the molecule is CC1CCN(C(=O)C2CCN(S(=O)(=O)c3cccc(Cl)c3)CC2)CC1. The molecule has 7 heteroatoms. The van der Waals surface area contributed by atoms with E-state index in [1.165, 1.54) is 10.4 Å². The highest BCUT2D eigenvalue weighted by Crippen LogP contribution is 2.27. The summed E-state index contributed by atoms with van der Waals surface area (Å²) in [7, 11) is -3.54. The molecule has 2 saturated heterocycles. The average molecular weight is 385 g/mol. The Kier molecular flexibility index (Phi) is 5.71. The molecule has 1 amide bonds. The van der Waals surface area contributed by atoms with Crippen LogP contribution in [0.4, 0.5) is 0 Å². The Morgan fingerprint density at radius 1 is 1.08 bits per heavy atom. The van der Waals surface area contributed by atoms with E-state index in [2.05, 4.69) is 6.92 Å². The lowest BCUT2D eigenvalue weighted by atomic mass is 9.93. The number of carbonyl (C=O) groups is 1. The zero-order valence-electron chi connectivity index (χ0n) is 14.5. The number of piperidine rings is 2. The molecule has 0 N–H and O–H groups in total. The fourth-order valence-corrected chi connectivity index (χ4v) is 5.38. The molecule has 2 fully saturated rings. The molecule has 0 bridgehead atoms. The van der Waals surface area contributed by atoms with E-state index in [9.17, 15) is 13.2 Å². The van der Waals surface area contributed by atoms with Crippen molar-refractivity contribution in [2.24, 2.45) is 11.8 Å². The number of likely N-dealkylation sites (tertiary alicyclic amines) is 1. The Labute approximate surface area is 155 Å². The van der Waals surface area contributed by atoms with Gasteiger partial charge in [-0.05, 0) is 49.8 Å². The lowest BCUT2D eigenvalue weighted by molar-refractivity contribution is -0.138. The number of hydrogen-bond donors (Lipinski definition) is 0. The minimum Gasteiger partial charge on any atom is -0.342 e. The molecule has 1 aromatic carbocycles. The molecule has 0 atom stereocenters. The third kappa shape index (κ3) is 4.18. The Hall–Kier alpha value is -1.11. The monoisotopic (exact) mass is 384 g/mol. The van der Waals surface area contributed by atoms with Crippen LogP contribution in [0.25, 0.3) is 0 Å². The summed E-state index contributed by atoms with van der Waals surface area (Å²) in [4.78, 5) is 14.9. The maximum atomic E-state index is 12.7. The number of rotatable bonds is 3. The topological polar surface area (TPSA) is 57.7 Å². The standard InChI is InChI=1S/C18H25ClN2O3S/c1-14-5-9-20(10-6-14)18(22)15-7-11-21(12-8-15)25(23,24)17-4-2-3-16(19)13-17/h2-4,13-15H,5-12H2,1H3. The maximum absolute atomic E-state index is 12.7. The van der Waals surface area contributed by atoms with Crippen LogP contribution in [0, 0.1) is 11.8 Å². The van der Waals surface area contributed by atoms with E-state index < -0.39 is 10.0 Å². The molecule has 3 rings (SSSR count). The predicted molar refractivity (Wildman–Crippen MR) is 97.9 cm³/mol. The van der Waals surface area contributed by atoms with Crippen LogP contribution in [0.1, 0.15) is 32.6 Å². The molecular weight excluding hydrogens is 360 g/mol. The number of sulfonamides is 1. The molecule has 0 unspecified atom stereocenters. The number of halogens is 1. The summed E-state index contributed by atoms with van der Waals surface area (Å²) < 4.78 is 26.9. The molecule has 0 spiro atoms. The van der Waals surface area contributed by atoms with Gasteiger partial charge >= 0.3 is 0 Å². The van der Waals surface area contributed by atoms with Gasteiger partial charge < -0.3 is 4.90 Å². The van der Waals surface area contributed by atoms with Gasteiger partial charge in [-0.25, -0.2) is 8.42 Å². The molecule has 2 heterocycles. The maximum Gasteiger partial charge on any atom is 0.243 e. The van der Waals surface area contributed by atoms with Crippen molar-refractivity contribution in [1.29, 1.82) is 0 Å². The zero-order chi connectivity index (χ0) is 18.0. The van der Waals surface area contributed by atoms with Crippen molar-refractivity contribution in [3.8, 4) is 0 Å². The highest BCUT2D eigenvalue weighted by molar-refractivity contribution is 7.89. The quantitative estimate of drug-likeness (QED) is 0.804. The molecule has 0 radical (unpaired) electrons. The third-order valence-corrected chi connectivity index (χ3v) is 7.46. The van der Waals surface area contributed by atoms with Gasteiger partial charge in [0.2, 0.25) is 15.9 Å². The summed E-state index contributed by atoms with van der Waals surface area (Å²) in [6.45, 7) is 4.66.